The fraction of sp³-hybridized carbons (Fsp3) is 0.207. The summed E-state index contributed by atoms with van der Waals surface area (Å²) in [6, 6.07) is 42.7. The average Bonchev–Trinajstić information content (AvgIpc) is 4.04. The molecular weight excluding hydrogens is 778 g/mol. The van der Waals surface area contributed by atoms with E-state index < -0.39 is 0 Å². The summed E-state index contributed by atoms with van der Waals surface area (Å²) in [5.74, 6) is 3.87. The molecule has 2 aliphatic carbocycles. The monoisotopic (exact) mass is 824 g/mol. The Labute approximate surface area is 376 Å². The van der Waals surface area contributed by atoms with Crippen LogP contribution in [0.2, 0.25) is 0 Å². The molecule has 15 rings (SSSR count). The summed E-state index contributed by atoms with van der Waals surface area (Å²) in [4.78, 5) is 5.30. The predicted molar refractivity (Wildman–Crippen MR) is 266 cm³/mol. The van der Waals surface area contributed by atoms with Gasteiger partial charge in [-0.25, -0.2) is 0 Å². The zero-order chi connectivity index (χ0) is 42.3. The molecule has 0 bridgehead atoms. The standard InChI is InChI=1S/C58H46B2N2O2/c1-31-15-21-45-39(25-31)53(35-9-5-6-10-35)37-17-23-49-55-57(37)61(45)47-30-48-44(29-43(47)59(55)41-19-13-33(3)27-51(41)63-49)60-42-20-14-34(4)28-52(42)64-50-24-18-38-54(36-11-7-8-12-36)40-26-32(2)16-22-46(40)62(48)58(38)56(50)60/h13-30H,5-12H2,1-4H3. The number of anilines is 6. The third-order valence-electron chi connectivity index (χ3n) is 16.0. The zero-order valence-corrected chi connectivity index (χ0v) is 36.9. The second-order valence-electron chi connectivity index (χ2n) is 20.0. The minimum absolute atomic E-state index is 0.00722. The van der Waals surface area contributed by atoms with E-state index in [0.717, 1.165) is 48.7 Å². The van der Waals surface area contributed by atoms with Crippen LogP contribution in [0.25, 0.3) is 11.1 Å². The van der Waals surface area contributed by atoms with Crippen LogP contribution in [0.1, 0.15) is 95.9 Å². The first-order valence-electron chi connectivity index (χ1n) is 23.7. The fourth-order valence-corrected chi connectivity index (χ4v) is 13.4. The SMILES string of the molecule is Cc1ccc2c(c1)Oc1ccc3c4c1B2c1cc2c(cc1N4c1ccc(C)cc1C3=C1CCCC1)N1c3ccc(C)cc3C(=C3CCCC3)c3ccc4c(c31)B2c1ccc(C)cc1O4. The molecule has 0 amide bonds. The number of allylic oxidation sites excluding steroid dienone is 2. The molecule has 0 atom stereocenters. The van der Waals surface area contributed by atoms with E-state index in [4.69, 9.17) is 9.47 Å². The highest BCUT2D eigenvalue weighted by atomic mass is 16.5. The minimum Gasteiger partial charge on any atom is -0.458 e. The topological polar surface area (TPSA) is 24.9 Å². The van der Waals surface area contributed by atoms with Crippen molar-refractivity contribution in [2.24, 2.45) is 0 Å². The third kappa shape index (κ3) is 4.56. The lowest BCUT2D eigenvalue weighted by Crippen LogP contribution is -2.64. The number of hydrogen-bond donors (Lipinski definition) is 0. The van der Waals surface area contributed by atoms with Gasteiger partial charge in [0.1, 0.15) is 23.0 Å². The second-order valence-corrected chi connectivity index (χ2v) is 20.0. The Hall–Kier alpha value is -6.65. The normalized spacial score (nSPS) is 17.2. The van der Waals surface area contributed by atoms with Crippen molar-refractivity contribution < 1.29 is 9.47 Å². The summed E-state index contributed by atoms with van der Waals surface area (Å²) in [5.41, 5.74) is 31.9. The molecule has 64 heavy (non-hydrogen) atoms. The van der Waals surface area contributed by atoms with Crippen molar-refractivity contribution in [2.45, 2.75) is 79.1 Å². The predicted octanol–water partition coefficient (Wildman–Crippen LogP) is 11.1. The molecule has 6 heteroatoms. The second kappa shape index (κ2) is 12.5. The van der Waals surface area contributed by atoms with Gasteiger partial charge in [0.05, 0.1) is 22.7 Å². The van der Waals surface area contributed by atoms with E-state index in [1.165, 1.54) is 148 Å². The van der Waals surface area contributed by atoms with Crippen molar-refractivity contribution in [3.63, 3.8) is 0 Å². The van der Waals surface area contributed by atoms with E-state index in [0.29, 0.717) is 0 Å². The van der Waals surface area contributed by atoms with Crippen LogP contribution < -0.4 is 52.1 Å². The van der Waals surface area contributed by atoms with E-state index in [1.54, 1.807) is 11.1 Å². The average molecular weight is 825 g/mol. The van der Waals surface area contributed by atoms with Gasteiger partial charge >= 0.3 is 0 Å². The first kappa shape index (κ1) is 35.8. The van der Waals surface area contributed by atoms with Crippen molar-refractivity contribution in [3.05, 3.63) is 165 Å². The molecule has 306 valence electrons. The van der Waals surface area contributed by atoms with Gasteiger partial charge in [-0.1, -0.05) is 64.7 Å². The van der Waals surface area contributed by atoms with Crippen molar-refractivity contribution in [2.75, 3.05) is 9.80 Å². The highest BCUT2D eigenvalue weighted by molar-refractivity contribution is 7.02. The summed E-state index contributed by atoms with van der Waals surface area (Å²) in [7, 11) is 0. The summed E-state index contributed by atoms with van der Waals surface area (Å²) in [5, 5.41) is 0. The Morgan fingerprint density at radius 2 is 0.797 bits per heavy atom. The molecule has 2 fully saturated rings. The molecule has 0 aromatic heterocycles. The molecular formula is C58H46B2N2O2. The molecule has 0 radical (unpaired) electrons. The van der Waals surface area contributed by atoms with Gasteiger partial charge in [0.25, 0.3) is 13.4 Å². The van der Waals surface area contributed by atoms with Gasteiger partial charge in [0.15, 0.2) is 0 Å². The molecule has 0 saturated heterocycles. The molecule has 6 aliphatic heterocycles. The van der Waals surface area contributed by atoms with Crippen LogP contribution in [0.3, 0.4) is 0 Å². The van der Waals surface area contributed by atoms with Crippen LogP contribution >= 0.6 is 0 Å². The number of benzene rings is 7. The summed E-state index contributed by atoms with van der Waals surface area (Å²) in [6.07, 6.45) is 9.67. The maximum absolute atomic E-state index is 7.03. The summed E-state index contributed by atoms with van der Waals surface area (Å²) in [6.45, 7) is 8.85. The van der Waals surface area contributed by atoms with Crippen LogP contribution in [0.4, 0.5) is 34.1 Å². The van der Waals surface area contributed by atoms with E-state index in [1.807, 2.05) is 0 Å². The van der Waals surface area contributed by atoms with Gasteiger partial charge in [0.2, 0.25) is 0 Å². The van der Waals surface area contributed by atoms with Gasteiger partial charge in [-0.15, -0.1) is 0 Å². The Bertz CT molecular complexity index is 3190. The number of hydrogen-bond acceptors (Lipinski definition) is 4. The number of ether oxygens (including phenoxy) is 2. The van der Waals surface area contributed by atoms with E-state index in [9.17, 15) is 0 Å². The Morgan fingerprint density at radius 3 is 1.25 bits per heavy atom. The highest BCUT2D eigenvalue weighted by Gasteiger charge is 2.50. The quantitative estimate of drug-likeness (QED) is 0.142. The third-order valence-corrected chi connectivity index (χ3v) is 16.0. The van der Waals surface area contributed by atoms with E-state index in [2.05, 4.69) is 147 Å². The smallest absolute Gasteiger partial charge is 0.256 e. The summed E-state index contributed by atoms with van der Waals surface area (Å²) < 4.78 is 14.1. The Balaban J connectivity index is 1.09. The maximum Gasteiger partial charge on any atom is 0.256 e. The molecule has 7 aromatic rings. The molecule has 0 unspecified atom stereocenters. The molecule has 0 N–H and O–H groups in total. The molecule has 6 heterocycles. The minimum atomic E-state index is -0.00722. The van der Waals surface area contributed by atoms with Gasteiger partial charge in [-0.05, 0) is 201 Å². The number of nitrogens with zero attached hydrogens (tertiary/aromatic N) is 2. The Morgan fingerprint density at radius 1 is 0.375 bits per heavy atom. The molecule has 8 aliphatic rings. The highest BCUT2D eigenvalue weighted by Crippen LogP contribution is 2.57. The zero-order valence-electron chi connectivity index (χ0n) is 36.9. The number of aryl methyl sites for hydroxylation is 4. The first-order chi connectivity index (χ1) is 31.4. The van der Waals surface area contributed by atoms with Crippen LogP contribution in [-0.4, -0.2) is 13.4 Å². The van der Waals surface area contributed by atoms with E-state index in [-0.39, 0.29) is 13.4 Å². The van der Waals surface area contributed by atoms with Gasteiger partial charge in [0, 0.05) is 33.6 Å². The van der Waals surface area contributed by atoms with Gasteiger partial charge in [-0.2, -0.15) is 0 Å². The number of fused-ring (bicyclic) bond motifs is 14. The van der Waals surface area contributed by atoms with Gasteiger partial charge < -0.3 is 19.3 Å². The lowest BCUT2D eigenvalue weighted by Gasteiger charge is -2.48. The van der Waals surface area contributed by atoms with Crippen molar-refractivity contribution in [1.29, 1.82) is 0 Å². The molecule has 4 nitrogen and oxygen atoms in total. The number of rotatable bonds is 0. The Kier molecular flexibility index (Phi) is 7.01. The van der Waals surface area contributed by atoms with Crippen LogP contribution in [-0.2, 0) is 0 Å². The van der Waals surface area contributed by atoms with E-state index >= 15 is 0 Å². The first-order valence-corrected chi connectivity index (χ1v) is 23.7. The molecule has 2 saturated carbocycles. The maximum atomic E-state index is 7.03. The van der Waals surface area contributed by atoms with Crippen LogP contribution in [0, 0.1) is 27.7 Å². The van der Waals surface area contributed by atoms with Gasteiger partial charge in [-0.3, -0.25) is 0 Å². The fourth-order valence-electron chi connectivity index (χ4n) is 13.4. The van der Waals surface area contributed by atoms with Crippen LogP contribution in [0.5, 0.6) is 23.0 Å². The van der Waals surface area contributed by atoms with Crippen molar-refractivity contribution in [1.82, 2.24) is 0 Å². The molecule has 7 aromatic carbocycles. The van der Waals surface area contributed by atoms with Crippen molar-refractivity contribution >= 4 is 91.5 Å². The molecule has 0 spiro atoms. The summed E-state index contributed by atoms with van der Waals surface area (Å²) >= 11 is 0. The largest absolute Gasteiger partial charge is 0.458 e. The lowest BCUT2D eigenvalue weighted by molar-refractivity contribution is 0.487. The van der Waals surface area contributed by atoms with Crippen molar-refractivity contribution in [3.8, 4) is 23.0 Å². The van der Waals surface area contributed by atoms with Crippen LogP contribution in [0.15, 0.2) is 120 Å². The lowest BCUT2D eigenvalue weighted by atomic mass is 9.30.